The molecular formula is C13H13NO4. The van der Waals surface area contributed by atoms with Gasteiger partial charge in [0.05, 0.1) is 11.6 Å². The van der Waals surface area contributed by atoms with Gasteiger partial charge in [-0.3, -0.25) is 4.79 Å². The molecule has 0 aliphatic heterocycles. The van der Waals surface area contributed by atoms with Crippen molar-refractivity contribution in [1.82, 2.24) is 4.98 Å². The molecule has 2 N–H and O–H groups in total. The van der Waals surface area contributed by atoms with Crippen LogP contribution in [0, 0.1) is 0 Å². The van der Waals surface area contributed by atoms with Crippen LogP contribution in [-0.4, -0.2) is 22.2 Å². The number of carbonyl (C=O) groups excluding carboxylic acids is 1. The third kappa shape index (κ3) is 2.07. The molecule has 2 rings (SSSR count). The molecule has 1 heterocycles. The topological polar surface area (TPSA) is 79.4 Å². The highest BCUT2D eigenvalue weighted by Gasteiger charge is 2.19. The molecular weight excluding hydrogens is 234 g/mol. The Hall–Kier alpha value is -2.30. The van der Waals surface area contributed by atoms with E-state index in [0.29, 0.717) is 10.9 Å². The zero-order valence-corrected chi connectivity index (χ0v) is 10.1. The van der Waals surface area contributed by atoms with E-state index in [0.717, 1.165) is 0 Å². The van der Waals surface area contributed by atoms with Gasteiger partial charge in [0.25, 0.3) is 0 Å². The van der Waals surface area contributed by atoms with Crippen LogP contribution in [0.2, 0.25) is 0 Å². The number of aromatic hydroxyl groups is 1. The van der Waals surface area contributed by atoms with Gasteiger partial charge in [0.15, 0.2) is 11.4 Å². The summed E-state index contributed by atoms with van der Waals surface area (Å²) < 4.78 is 4.95. The van der Waals surface area contributed by atoms with E-state index in [2.05, 4.69) is 4.98 Å². The molecule has 0 unspecified atom stereocenters. The molecule has 1 aromatic carbocycles. The SMILES string of the molecule is CC(C)OC(=O)c1[nH]c2ccccc2c(=O)c1O. The minimum atomic E-state index is -0.745. The first-order valence-electron chi connectivity index (χ1n) is 5.55. The summed E-state index contributed by atoms with van der Waals surface area (Å²) in [5.74, 6) is -1.36. The van der Waals surface area contributed by atoms with Crippen LogP contribution in [0.15, 0.2) is 29.1 Å². The van der Waals surface area contributed by atoms with E-state index in [-0.39, 0.29) is 11.8 Å². The lowest BCUT2D eigenvalue weighted by molar-refractivity contribution is 0.0367. The molecule has 2 aromatic rings. The maximum Gasteiger partial charge on any atom is 0.359 e. The van der Waals surface area contributed by atoms with Gasteiger partial charge < -0.3 is 14.8 Å². The molecule has 0 bridgehead atoms. The van der Waals surface area contributed by atoms with Gasteiger partial charge in [-0.05, 0) is 26.0 Å². The number of rotatable bonds is 2. The fourth-order valence-corrected chi connectivity index (χ4v) is 1.65. The van der Waals surface area contributed by atoms with E-state index < -0.39 is 17.1 Å². The fourth-order valence-electron chi connectivity index (χ4n) is 1.65. The summed E-state index contributed by atoms with van der Waals surface area (Å²) in [5.41, 5.74) is -0.316. The first-order valence-corrected chi connectivity index (χ1v) is 5.55. The normalized spacial score (nSPS) is 10.8. The molecule has 0 fully saturated rings. The number of para-hydroxylation sites is 1. The van der Waals surface area contributed by atoms with Gasteiger partial charge in [-0.15, -0.1) is 0 Å². The van der Waals surface area contributed by atoms with E-state index in [1.807, 2.05) is 0 Å². The van der Waals surface area contributed by atoms with Crippen LogP contribution in [0.1, 0.15) is 24.3 Å². The molecule has 1 aromatic heterocycles. The molecule has 0 amide bonds. The second-order valence-electron chi connectivity index (χ2n) is 4.18. The molecule has 0 aliphatic carbocycles. The van der Waals surface area contributed by atoms with Crippen molar-refractivity contribution in [2.45, 2.75) is 20.0 Å². The summed E-state index contributed by atoms with van der Waals surface area (Å²) in [5, 5.41) is 10.1. The van der Waals surface area contributed by atoms with Crippen molar-refractivity contribution in [3.63, 3.8) is 0 Å². The standard InChI is InChI=1S/C13H13NO4/c1-7(2)18-13(17)10-12(16)11(15)8-5-3-4-6-9(8)14-10/h3-7,16H,1-2H3,(H,14,15). The Balaban J connectivity index is 2.62. The number of benzene rings is 1. The number of ether oxygens (including phenoxy) is 1. The fraction of sp³-hybridized carbons (Fsp3) is 0.231. The molecule has 0 saturated heterocycles. The Bertz CT molecular complexity index is 658. The lowest BCUT2D eigenvalue weighted by atomic mass is 10.2. The number of aromatic nitrogens is 1. The number of carbonyl (C=O) groups is 1. The van der Waals surface area contributed by atoms with Crippen LogP contribution in [0.4, 0.5) is 0 Å². The van der Waals surface area contributed by atoms with Gasteiger partial charge in [0.1, 0.15) is 0 Å². The van der Waals surface area contributed by atoms with Crippen molar-refractivity contribution in [2.75, 3.05) is 0 Å². The van der Waals surface area contributed by atoms with Crippen molar-refractivity contribution < 1.29 is 14.6 Å². The molecule has 0 spiro atoms. The lowest BCUT2D eigenvalue weighted by Gasteiger charge is -2.09. The lowest BCUT2D eigenvalue weighted by Crippen LogP contribution is -2.17. The highest BCUT2D eigenvalue weighted by atomic mass is 16.5. The van der Waals surface area contributed by atoms with Crippen LogP contribution in [0.3, 0.4) is 0 Å². The quantitative estimate of drug-likeness (QED) is 0.793. The van der Waals surface area contributed by atoms with Gasteiger partial charge in [0.2, 0.25) is 5.43 Å². The predicted molar refractivity (Wildman–Crippen MR) is 66.8 cm³/mol. The number of pyridine rings is 1. The highest BCUT2D eigenvalue weighted by Crippen LogP contribution is 2.17. The number of fused-ring (bicyclic) bond motifs is 1. The number of aromatic amines is 1. The molecule has 5 heteroatoms. The number of hydrogen-bond donors (Lipinski definition) is 2. The van der Waals surface area contributed by atoms with Crippen molar-refractivity contribution >= 4 is 16.9 Å². The van der Waals surface area contributed by atoms with Crippen LogP contribution < -0.4 is 5.43 Å². The molecule has 5 nitrogen and oxygen atoms in total. The van der Waals surface area contributed by atoms with E-state index in [4.69, 9.17) is 4.74 Å². The first kappa shape index (κ1) is 12.2. The molecule has 18 heavy (non-hydrogen) atoms. The largest absolute Gasteiger partial charge is 0.502 e. The molecule has 0 atom stereocenters. The average Bonchev–Trinajstić information content (AvgIpc) is 2.33. The summed E-state index contributed by atoms with van der Waals surface area (Å²) in [7, 11) is 0. The van der Waals surface area contributed by atoms with Crippen molar-refractivity contribution in [3.8, 4) is 5.75 Å². The smallest absolute Gasteiger partial charge is 0.359 e. The zero-order chi connectivity index (χ0) is 13.3. The van der Waals surface area contributed by atoms with Gasteiger partial charge in [-0.1, -0.05) is 12.1 Å². The first-order chi connectivity index (χ1) is 8.50. The van der Waals surface area contributed by atoms with E-state index in [1.54, 1.807) is 38.1 Å². The average molecular weight is 247 g/mol. The van der Waals surface area contributed by atoms with Gasteiger partial charge >= 0.3 is 5.97 Å². The Morgan fingerprint density at radius 3 is 2.67 bits per heavy atom. The third-order valence-corrected chi connectivity index (χ3v) is 2.43. The molecule has 0 saturated carbocycles. The number of esters is 1. The number of H-pyrrole nitrogens is 1. The van der Waals surface area contributed by atoms with Crippen LogP contribution in [-0.2, 0) is 4.74 Å². The maximum atomic E-state index is 11.9. The van der Waals surface area contributed by atoms with Gasteiger partial charge in [0, 0.05) is 5.39 Å². The van der Waals surface area contributed by atoms with Crippen LogP contribution in [0.25, 0.3) is 10.9 Å². The Morgan fingerprint density at radius 1 is 1.33 bits per heavy atom. The second-order valence-corrected chi connectivity index (χ2v) is 4.18. The van der Waals surface area contributed by atoms with Crippen LogP contribution in [0.5, 0.6) is 5.75 Å². The zero-order valence-electron chi connectivity index (χ0n) is 10.1. The van der Waals surface area contributed by atoms with Crippen molar-refractivity contribution in [2.24, 2.45) is 0 Å². The Morgan fingerprint density at radius 2 is 2.00 bits per heavy atom. The summed E-state index contributed by atoms with van der Waals surface area (Å²) in [6.07, 6.45) is -0.327. The maximum absolute atomic E-state index is 11.9. The molecule has 0 radical (unpaired) electrons. The summed E-state index contributed by atoms with van der Waals surface area (Å²) in [6, 6.07) is 6.64. The monoisotopic (exact) mass is 247 g/mol. The summed E-state index contributed by atoms with van der Waals surface area (Å²) in [4.78, 5) is 26.3. The predicted octanol–water partition coefficient (Wildman–Crippen LogP) is 1.80. The summed E-state index contributed by atoms with van der Waals surface area (Å²) in [6.45, 7) is 3.38. The summed E-state index contributed by atoms with van der Waals surface area (Å²) >= 11 is 0. The number of hydrogen-bond acceptors (Lipinski definition) is 4. The molecule has 0 aliphatic rings. The van der Waals surface area contributed by atoms with E-state index >= 15 is 0 Å². The van der Waals surface area contributed by atoms with Crippen molar-refractivity contribution in [3.05, 3.63) is 40.2 Å². The third-order valence-electron chi connectivity index (χ3n) is 2.43. The van der Waals surface area contributed by atoms with Crippen molar-refractivity contribution in [1.29, 1.82) is 0 Å². The number of nitrogens with one attached hydrogen (secondary N) is 1. The highest BCUT2D eigenvalue weighted by molar-refractivity contribution is 5.94. The Labute approximate surface area is 103 Å². The van der Waals surface area contributed by atoms with E-state index in [1.165, 1.54) is 0 Å². The minimum absolute atomic E-state index is 0.215. The van der Waals surface area contributed by atoms with Crippen LogP contribution >= 0.6 is 0 Å². The second kappa shape index (κ2) is 4.52. The minimum Gasteiger partial charge on any atom is -0.502 e. The van der Waals surface area contributed by atoms with Gasteiger partial charge in [-0.25, -0.2) is 4.79 Å². The molecule has 94 valence electrons. The van der Waals surface area contributed by atoms with E-state index in [9.17, 15) is 14.7 Å². The van der Waals surface area contributed by atoms with Gasteiger partial charge in [-0.2, -0.15) is 0 Å². The Kier molecular flexibility index (Phi) is 3.06.